The maximum atomic E-state index is 10.8. The van der Waals surface area contributed by atoms with Crippen LogP contribution < -0.4 is 4.74 Å². The van der Waals surface area contributed by atoms with Gasteiger partial charge in [-0.05, 0) is 36.3 Å². The van der Waals surface area contributed by atoms with Gasteiger partial charge >= 0.3 is 0 Å². The number of hydrogen-bond donors (Lipinski definition) is 1. The molecule has 1 fully saturated rings. The van der Waals surface area contributed by atoms with Crippen molar-refractivity contribution in [2.45, 2.75) is 18.6 Å². The number of benzene rings is 1. The van der Waals surface area contributed by atoms with Gasteiger partial charge in [-0.3, -0.25) is 4.90 Å². The van der Waals surface area contributed by atoms with Crippen LogP contribution >= 0.6 is 11.6 Å². The van der Waals surface area contributed by atoms with Gasteiger partial charge in [0.25, 0.3) is 0 Å². The summed E-state index contributed by atoms with van der Waals surface area (Å²) in [6.45, 7) is 3.30. The summed E-state index contributed by atoms with van der Waals surface area (Å²) in [7, 11) is 0. The number of hydrogen-bond acceptors (Lipinski definition) is 5. The van der Waals surface area contributed by atoms with Crippen LogP contribution in [0.15, 0.2) is 36.2 Å². The summed E-state index contributed by atoms with van der Waals surface area (Å²) in [5, 5.41) is 19.2. The van der Waals surface area contributed by atoms with E-state index in [4.69, 9.17) is 16.3 Å². The Balaban J connectivity index is 1.42. The fourth-order valence-electron chi connectivity index (χ4n) is 3.40. The van der Waals surface area contributed by atoms with Crippen molar-refractivity contribution in [3.63, 3.8) is 0 Å². The Morgan fingerprint density at radius 1 is 1.38 bits per heavy atom. The molecule has 1 N–H and O–H groups in total. The summed E-state index contributed by atoms with van der Waals surface area (Å²) >= 11 is 6.06. The molecule has 2 aromatic rings. The van der Waals surface area contributed by atoms with Crippen molar-refractivity contribution in [2.75, 3.05) is 26.2 Å². The van der Waals surface area contributed by atoms with Gasteiger partial charge in [0.05, 0.1) is 18.3 Å². The standard InChI is InChI=1S/C17H19ClN4O2/c18-15-1-2-16-14(8-15)7-13(10-24-16)9-21-5-3-17(23,11-21)12-22-6-4-19-20-22/h1-2,4,6-8,23H,3,5,9-12H2. The molecule has 1 aromatic carbocycles. The van der Waals surface area contributed by atoms with Gasteiger partial charge in [-0.25, -0.2) is 4.68 Å². The molecule has 1 saturated heterocycles. The summed E-state index contributed by atoms with van der Waals surface area (Å²) in [5.41, 5.74) is 1.45. The Morgan fingerprint density at radius 3 is 3.12 bits per heavy atom. The van der Waals surface area contributed by atoms with E-state index in [0.717, 1.165) is 30.8 Å². The van der Waals surface area contributed by atoms with Gasteiger partial charge in [0.15, 0.2) is 0 Å². The molecule has 24 heavy (non-hydrogen) atoms. The number of likely N-dealkylation sites (tertiary alicyclic amines) is 1. The summed E-state index contributed by atoms with van der Waals surface area (Å²) in [5.74, 6) is 0.868. The quantitative estimate of drug-likeness (QED) is 0.915. The van der Waals surface area contributed by atoms with Crippen molar-refractivity contribution < 1.29 is 9.84 Å². The molecule has 0 radical (unpaired) electrons. The number of ether oxygens (including phenoxy) is 1. The number of fused-ring (bicyclic) bond motifs is 1. The van der Waals surface area contributed by atoms with E-state index in [1.807, 2.05) is 18.2 Å². The summed E-state index contributed by atoms with van der Waals surface area (Å²) in [6.07, 6.45) is 6.27. The van der Waals surface area contributed by atoms with Crippen molar-refractivity contribution >= 4 is 17.7 Å². The van der Waals surface area contributed by atoms with E-state index in [9.17, 15) is 5.11 Å². The fourth-order valence-corrected chi connectivity index (χ4v) is 3.58. The van der Waals surface area contributed by atoms with Gasteiger partial charge in [0, 0.05) is 36.4 Å². The van der Waals surface area contributed by atoms with E-state index in [2.05, 4.69) is 21.3 Å². The topological polar surface area (TPSA) is 63.4 Å². The predicted molar refractivity (Wildman–Crippen MR) is 91.0 cm³/mol. The van der Waals surface area contributed by atoms with Crippen LogP contribution in [0.4, 0.5) is 0 Å². The number of aromatic nitrogens is 3. The minimum absolute atomic E-state index is 0.470. The van der Waals surface area contributed by atoms with Crippen LogP contribution in [0.5, 0.6) is 5.75 Å². The molecular formula is C17H19ClN4O2. The van der Waals surface area contributed by atoms with Gasteiger partial charge < -0.3 is 9.84 Å². The SMILES string of the molecule is OC1(Cn2ccnn2)CCN(CC2=Cc3cc(Cl)ccc3OC2)C1. The summed E-state index contributed by atoms with van der Waals surface area (Å²) in [4.78, 5) is 2.25. The molecule has 126 valence electrons. The Hall–Kier alpha value is -1.89. The molecule has 1 aromatic heterocycles. The van der Waals surface area contributed by atoms with Gasteiger partial charge in [-0.1, -0.05) is 16.8 Å². The second-order valence-corrected chi connectivity index (χ2v) is 7.00. The Labute approximate surface area is 145 Å². The minimum atomic E-state index is -0.759. The Bertz CT molecular complexity index is 762. The molecule has 0 bridgehead atoms. The van der Waals surface area contributed by atoms with Crippen LogP contribution in [0.1, 0.15) is 12.0 Å². The summed E-state index contributed by atoms with van der Waals surface area (Å²) < 4.78 is 7.49. The average Bonchev–Trinajstić information content (AvgIpc) is 3.17. The number of rotatable bonds is 4. The largest absolute Gasteiger partial charge is 0.489 e. The first-order valence-corrected chi connectivity index (χ1v) is 8.38. The second-order valence-electron chi connectivity index (χ2n) is 6.56. The summed E-state index contributed by atoms with van der Waals surface area (Å²) in [6, 6.07) is 5.66. The first-order valence-electron chi connectivity index (χ1n) is 8.00. The monoisotopic (exact) mass is 346 g/mol. The van der Waals surface area contributed by atoms with E-state index in [0.29, 0.717) is 24.7 Å². The molecule has 1 unspecified atom stereocenters. The smallest absolute Gasteiger partial charge is 0.127 e. The zero-order valence-corrected chi connectivity index (χ0v) is 14.0. The van der Waals surface area contributed by atoms with Crippen molar-refractivity contribution in [3.05, 3.63) is 46.8 Å². The lowest BCUT2D eigenvalue weighted by Gasteiger charge is -2.25. The molecule has 4 rings (SSSR count). The molecule has 0 spiro atoms. The first kappa shape index (κ1) is 15.6. The zero-order valence-electron chi connectivity index (χ0n) is 13.2. The highest BCUT2D eigenvalue weighted by Gasteiger charge is 2.37. The molecular weight excluding hydrogens is 328 g/mol. The molecule has 0 aliphatic carbocycles. The number of β-amino-alcohol motifs (C(OH)–C–C–N with tert-alkyl or cyclic N) is 1. The minimum Gasteiger partial charge on any atom is -0.489 e. The van der Waals surface area contributed by atoms with E-state index in [1.165, 1.54) is 5.57 Å². The van der Waals surface area contributed by atoms with Crippen LogP contribution in [0.25, 0.3) is 6.08 Å². The first-order chi connectivity index (χ1) is 11.6. The van der Waals surface area contributed by atoms with Crippen LogP contribution in [-0.4, -0.2) is 56.8 Å². The third kappa shape index (κ3) is 3.31. The van der Waals surface area contributed by atoms with Crippen molar-refractivity contribution in [2.24, 2.45) is 0 Å². The molecule has 7 heteroatoms. The highest BCUT2D eigenvalue weighted by Crippen LogP contribution is 2.30. The lowest BCUT2D eigenvalue weighted by Crippen LogP contribution is -2.38. The van der Waals surface area contributed by atoms with Crippen LogP contribution in [0.3, 0.4) is 0 Å². The zero-order chi connectivity index (χ0) is 16.6. The number of halogens is 1. The number of nitrogens with zero attached hydrogens (tertiary/aromatic N) is 4. The third-order valence-corrected chi connectivity index (χ3v) is 4.75. The van der Waals surface area contributed by atoms with Crippen molar-refractivity contribution in [3.8, 4) is 5.75 Å². The predicted octanol–water partition coefficient (Wildman–Crippen LogP) is 1.84. The fraction of sp³-hybridized carbons (Fsp3) is 0.412. The van der Waals surface area contributed by atoms with Crippen LogP contribution in [0.2, 0.25) is 5.02 Å². The van der Waals surface area contributed by atoms with Gasteiger partial charge in [0.1, 0.15) is 12.4 Å². The molecule has 2 aliphatic rings. The number of aliphatic hydroxyl groups is 1. The lowest BCUT2D eigenvalue weighted by molar-refractivity contribution is 0.0288. The normalized spacial score (nSPS) is 23.7. The van der Waals surface area contributed by atoms with Gasteiger partial charge in [-0.15, -0.1) is 5.10 Å². The molecule has 3 heterocycles. The van der Waals surface area contributed by atoms with E-state index < -0.39 is 5.60 Å². The van der Waals surface area contributed by atoms with E-state index in [1.54, 1.807) is 17.1 Å². The maximum absolute atomic E-state index is 10.8. The Kier molecular flexibility index (Phi) is 4.04. The van der Waals surface area contributed by atoms with E-state index >= 15 is 0 Å². The molecule has 0 amide bonds. The van der Waals surface area contributed by atoms with E-state index in [-0.39, 0.29) is 0 Å². The van der Waals surface area contributed by atoms with Crippen molar-refractivity contribution in [1.82, 2.24) is 19.9 Å². The second kappa shape index (κ2) is 6.20. The van der Waals surface area contributed by atoms with Crippen LogP contribution in [-0.2, 0) is 6.54 Å². The highest BCUT2D eigenvalue weighted by molar-refractivity contribution is 6.30. The highest BCUT2D eigenvalue weighted by atomic mass is 35.5. The Morgan fingerprint density at radius 2 is 2.29 bits per heavy atom. The van der Waals surface area contributed by atoms with Gasteiger partial charge in [-0.2, -0.15) is 0 Å². The third-order valence-electron chi connectivity index (χ3n) is 4.51. The lowest BCUT2D eigenvalue weighted by atomic mass is 10.0. The molecule has 2 aliphatic heterocycles. The molecule has 6 nitrogen and oxygen atoms in total. The maximum Gasteiger partial charge on any atom is 0.127 e. The average molecular weight is 347 g/mol. The van der Waals surface area contributed by atoms with Crippen molar-refractivity contribution in [1.29, 1.82) is 0 Å². The molecule has 1 atom stereocenters. The van der Waals surface area contributed by atoms with Crippen LogP contribution in [0, 0.1) is 0 Å². The molecule has 0 saturated carbocycles. The van der Waals surface area contributed by atoms with Gasteiger partial charge in [0.2, 0.25) is 0 Å².